The van der Waals surface area contributed by atoms with Crippen molar-refractivity contribution in [2.45, 2.75) is 6.92 Å². The molecule has 0 aliphatic heterocycles. The Kier molecular flexibility index (Phi) is 4.06. The van der Waals surface area contributed by atoms with Gasteiger partial charge in [0, 0.05) is 16.5 Å². The number of benzene rings is 2. The van der Waals surface area contributed by atoms with Gasteiger partial charge in [-0.15, -0.1) is 11.3 Å². The third-order valence-electron chi connectivity index (χ3n) is 3.95. The summed E-state index contributed by atoms with van der Waals surface area (Å²) in [4.78, 5) is 12.0. The average molecular weight is 364 g/mol. The number of primary amides is 1. The molecule has 7 heteroatoms. The highest BCUT2D eigenvalue weighted by Gasteiger charge is 2.09. The molecule has 0 unspecified atom stereocenters. The molecule has 0 radical (unpaired) electrons. The molecular weight excluding hydrogens is 348 g/mol. The van der Waals surface area contributed by atoms with Gasteiger partial charge in [-0.05, 0) is 48.2 Å². The molecule has 0 spiro atoms. The number of aromatic amines is 1. The van der Waals surface area contributed by atoms with Gasteiger partial charge in [-0.2, -0.15) is 5.10 Å². The standard InChI is InChI=1S/C19H16N4O2S/c1-11-8-13(25-19(20)24)6-7-14(11)21-18-10-15(22-23-18)17-9-12-4-2-3-5-16(12)26-17/h2-10H,1H3,(H2,20,24)(H2,21,22,23). The van der Waals surface area contributed by atoms with Crippen molar-refractivity contribution >= 4 is 39.0 Å². The summed E-state index contributed by atoms with van der Waals surface area (Å²) in [5, 5.41) is 11.9. The number of hydrogen-bond acceptors (Lipinski definition) is 5. The third-order valence-corrected chi connectivity index (χ3v) is 5.10. The van der Waals surface area contributed by atoms with Crippen molar-refractivity contribution in [1.29, 1.82) is 0 Å². The maximum Gasteiger partial charge on any atom is 0.409 e. The van der Waals surface area contributed by atoms with Gasteiger partial charge >= 0.3 is 6.09 Å². The van der Waals surface area contributed by atoms with E-state index in [0.717, 1.165) is 21.8 Å². The van der Waals surface area contributed by atoms with Gasteiger partial charge < -0.3 is 15.8 Å². The maximum atomic E-state index is 10.8. The van der Waals surface area contributed by atoms with Crippen molar-refractivity contribution in [1.82, 2.24) is 10.2 Å². The first-order valence-electron chi connectivity index (χ1n) is 7.98. The molecule has 4 N–H and O–H groups in total. The van der Waals surface area contributed by atoms with E-state index in [1.807, 2.05) is 31.2 Å². The molecule has 2 aromatic carbocycles. The molecule has 4 rings (SSSR count). The lowest BCUT2D eigenvalue weighted by molar-refractivity contribution is 0.211. The minimum atomic E-state index is -0.828. The minimum Gasteiger partial charge on any atom is -0.410 e. The van der Waals surface area contributed by atoms with Crippen molar-refractivity contribution in [2.24, 2.45) is 5.73 Å². The Labute approximate surface area is 153 Å². The number of anilines is 2. The minimum absolute atomic E-state index is 0.411. The molecule has 0 saturated carbocycles. The van der Waals surface area contributed by atoms with Crippen molar-refractivity contribution in [2.75, 3.05) is 5.32 Å². The van der Waals surface area contributed by atoms with E-state index in [1.54, 1.807) is 23.5 Å². The number of ether oxygens (including phenoxy) is 1. The van der Waals surface area contributed by atoms with E-state index < -0.39 is 6.09 Å². The number of nitrogens with two attached hydrogens (primary N) is 1. The zero-order valence-electron chi connectivity index (χ0n) is 13.9. The molecule has 6 nitrogen and oxygen atoms in total. The van der Waals surface area contributed by atoms with E-state index in [-0.39, 0.29) is 0 Å². The van der Waals surface area contributed by atoms with Gasteiger partial charge in [0.25, 0.3) is 0 Å². The molecule has 4 aromatic rings. The smallest absolute Gasteiger partial charge is 0.409 e. The largest absolute Gasteiger partial charge is 0.410 e. The van der Waals surface area contributed by atoms with Crippen LogP contribution in [0.5, 0.6) is 5.75 Å². The van der Waals surface area contributed by atoms with Crippen LogP contribution in [0.3, 0.4) is 0 Å². The van der Waals surface area contributed by atoms with Crippen LogP contribution in [0.15, 0.2) is 54.6 Å². The van der Waals surface area contributed by atoms with Gasteiger partial charge in [0.1, 0.15) is 5.75 Å². The lowest BCUT2D eigenvalue weighted by Crippen LogP contribution is -2.16. The Hall–Kier alpha value is -3.32. The molecule has 2 heterocycles. The molecule has 130 valence electrons. The van der Waals surface area contributed by atoms with Crippen LogP contribution < -0.4 is 15.8 Å². The number of nitrogens with zero attached hydrogens (tertiary/aromatic N) is 1. The number of aromatic nitrogens is 2. The lowest BCUT2D eigenvalue weighted by Gasteiger charge is -2.08. The zero-order chi connectivity index (χ0) is 18.1. The first-order chi connectivity index (χ1) is 12.6. The topological polar surface area (TPSA) is 93.0 Å². The fourth-order valence-corrected chi connectivity index (χ4v) is 3.75. The van der Waals surface area contributed by atoms with Crippen LogP contribution in [0.2, 0.25) is 0 Å². The molecule has 0 bridgehead atoms. The highest BCUT2D eigenvalue weighted by molar-refractivity contribution is 7.22. The quantitative estimate of drug-likeness (QED) is 0.485. The van der Waals surface area contributed by atoms with Crippen LogP contribution in [0.4, 0.5) is 16.3 Å². The normalized spacial score (nSPS) is 10.8. The molecule has 0 atom stereocenters. The highest BCUT2D eigenvalue weighted by atomic mass is 32.1. The van der Waals surface area contributed by atoms with E-state index in [1.165, 1.54) is 10.1 Å². The van der Waals surface area contributed by atoms with E-state index in [0.29, 0.717) is 11.6 Å². The van der Waals surface area contributed by atoms with Crippen LogP contribution in [-0.4, -0.2) is 16.3 Å². The number of nitrogens with one attached hydrogen (secondary N) is 2. The second-order valence-corrected chi connectivity index (χ2v) is 6.92. The monoisotopic (exact) mass is 364 g/mol. The Bertz CT molecular complexity index is 1070. The molecule has 26 heavy (non-hydrogen) atoms. The molecule has 0 aliphatic carbocycles. The highest BCUT2D eigenvalue weighted by Crippen LogP contribution is 2.33. The van der Waals surface area contributed by atoms with Gasteiger partial charge in [0.05, 0.1) is 10.6 Å². The summed E-state index contributed by atoms with van der Waals surface area (Å²) in [5.41, 5.74) is 7.77. The van der Waals surface area contributed by atoms with Crippen molar-refractivity contribution < 1.29 is 9.53 Å². The first-order valence-corrected chi connectivity index (χ1v) is 8.79. The van der Waals surface area contributed by atoms with Gasteiger partial charge in [-0.3, -0.25) is 5.10 Å². The van der Waals surface area contributed by atoms with Crippen LogP contribution in [0, 0.1) is 6.92 Å². The van der Waals surface area contributed by atoms with Crippen molar-refractivity contribution in [3.63, 3.8) is 0 Å². The van der Waals surface area contributed by atoms with E-state index in [2.05, 4.69) is 33.7 Å². The van der Waals surface area contributed by atoms with Crippen molar-refractivity contribution in [3.05, 3.63) is 60.2 Å². The van der Waals surface area contributed by atoms with Gasteiger partial charge in [0.2, 0.25) is 0 Å². The summed E-state index contributed by atoms with van der Waals surface area (Å²) in [6.07, 6.45) is -0.828. The lowest BCUT2D eigenvalue weighted by atomic mass is 10.2. The number of aryl methyl sites for hydroxylation is 1. The fourth-order valence-electron chi connectivity index (χ4n) is 2.72. The second kappa shape index (κ2) is 6.53. The van der Waals surface area contributed by atoms with Gasteiger partial charge in [0.15, 0.2) is 5.82 Å². The number of carbonyl (C=O) groups excluding carboxylic acids is 1. The third kappa shape index (κ3) is 3.25. The summed E-state index contributed by atoms with van der Waals surface area (Å²) in [6, 6.07) is 17.6. The van der Waals surface area contributed by atoms with Crippen LogP contribution in [-0.2, 0) is 0 Å². The van der Waals surface area contributed by atoms with Crippen molar-refractivity contribution in [3.8, 4) is 16.3 Å². The summed E-state index contributed by atoms with van der Waals surface area (Å²) in [6.45, 7) is 1.91. The SMILES string of the molecule is Cc1cc(OC(N)=O)ccc1Nc1cc(-c2cc3ccccc3s2)[nH]n1. The summed E-state index contributed by atoms with van der Waals surface area (Å²) >= 11 is 1.72. The van der Waals surface area contributed by atoms with E-state index in [4.69, 9.17) is 10.5 Å². The van der Waals surface area contributed by atoms with Gasteiger partial charge in [-0.1, -0.05) is 18.2 Å². The predicted molar refractivity (Wildman–Crippen MR) is 104 cm³/mol. The fraction of sp³-hybridized carbons (Fsp3) is 0.0526. The number of amides is 1. The second-order valence-electron chi connectivity index (χ2n) is 5.84. The van der Waals surface area contributed by atoms with Crippen LogP contribution in [0.1, 0.15) is 5.56 Å². The molecule has 1 amide bonds. The number of carbonyl (C=O) groups is 1. The Morgan fingerprint density at radius 1 is 1.19 bits per heavy atom. The molecule has 0 aliphatic rings. The summed E-state index contributed by atoms with van der Waals surface area (Å²) < 4.78 is 6.12. The van der Waals surface area contributed by atoms with E-state index in [9.17, 15) is 4.79 Å². The number of thiophene rings is 1. The van der Waals surface area contributed by atoms with Crippen LogP contribution in [0.25, 0.3) is 20.7 Å². The molecular formula is C19H16N4O2S. The zero-order valence-corrected chi connectivity index (χ0v) is 14.8. The first kappa shape index (κ1) is 16.2. The molecule has 2 aromatic heterocycles. The maximum absolute atomic E-state index is 10.8. The molecule has 0 saturated heterocycles. The summed E-state index contributed by atoms with van der Waals surface area (Å²) in [5.74, 6) is 1.12. The number of hydrogen-bond donors (Lipinski definition) is 3. The Balaban J connectivity index is 1.56. The predicted octanol–water partition coefficient (Wildman–Crippen LogP) is 4.80. The Morgan fingerprint density at radius 2 is 2.04 bits per heavy atom. The summed E-state index contributed by atoms with van der Waals surface area (Å²) in [7, 11) is 0. The molecule has 0 fully saturated rings. The average Bonchev–Trinajstić information content (AvgIpc) is 3.23. The number of rotatable bonds is 4. The van der Waals surface area contributed by atoms with E-state index >= 15 is 0 Å². The number of H-pyrrole nitrogens is 1. The van der Waals surface area contributed by atoms with Crippen LogP contribution >= 0.6 is 11.3 Å². The van der Waals surface area contributed by atoms with Gasteiger partial charge in [-0.25, -0.2) is 4.79 Å². The Morgan fingerprint density at radius 3 is 2.81 bits per heavy atom. The number of fused-ring (bicyclic) bond motifs is 1.